The molecule has 0 aliphatic carbocycles. The number of hydrogen-bond donors (Lipinski definition) is 1. The molecule has 0 saturated carbocycles. The maximum Gasteiger partial charge on any atom is 0.261 e. The van der Waals surface area contributed by atoms with Gasteiger partial charge < -0.3 is 14.8 Å². The van der Waals surface area contributed by atoms with Crippen molar-refractivity contribution in [2.75, 3.05) is 0 Å². The number of amides is 1. The lowest BCUT2D eigenvalue weighted by molar-refractivity contribution is -0.128. The first-order valence-electron chi connectivity index (χ1n) is 9.78. The Labute approximate surface area is 161 Å². The van der Waals surface area contributed by atoms with E-state index in [4.69, 9.17) is 9.47 Å². The Kier molecular flexibility index (Phi) is 5.73. The van der Waals surface area contributed by atoms with E-state index in [0.717, 1.165) is 41.9 Å². The smallest absolute Gasteiger partial charge is 0.261 e. The molecular formula is C23H29NO3. The lowest BCUT2D eigenvalue weighted by atomic mass is 9.83. The minimum Gasteiger partial charge on any atom is -0.487 e. The van der Waals surface area contributed by atoms with Gasteiger partial charge in [0.15, 0.2) is 6.10 Å². The van der Waals surface area contributed by atoms with E-state index in [-0.39, 0.29) is 17.6 Å². The van der Waals surface area contributed by atoms with Crippen LogP contribution < -0.4 is 14.8 Å². The monoisotopic (exact) mass is 367 g/mol. The van der Waals surface area contributed by atoms with Gasteiger partial charge in [0.1, 0.15) is 17.1 Å². The number of hydrogen-bond acceptors (Lipinski definition) is 3. The molecule has 144 valence electrons. The Hall–Kier alpha value is -2.49. The number of para-hydroxylation sites is 2. The summed E-state index contributed by atoms with van der Waals surface area (Å²) in [5.74, 6) is 1.50. The number of fused-ring (bicyclic) bond motifs is 1. The van der Waals surface area contributed by atoms with Crippen molar-refractivity contribution in [3.05, 3.63) is 59.7 Å². The minimum atomic E-state index is -0.571. The predicted molar refractivity (Wildman–Crippen MR) is 107 cm³/mol. The molecule has 0 saturated heterocycles. The molecule has 27 heavy (non-hydrogen) atoms. The first kappa shape index (κ1) is 19.3. The highest BCUT2D eigenvalue weighted by molar-refractivity contribution is 5.81. The fraction of sp³-hybridized carbons (Fsp3) is 0.435. The molecule has 2 atom stereocenters. The Morgan fingerprint density at radius 2 is 1.85 bits per heavy atom. The second-order valence-electron chi connectivity index (χ2n) is 7.32. The van der Waals surface area contributed by atoms with Gasteiger partial charge in [-0.3, -0.25) is 4.79 Å². The Morgan fingerprint density at radius 3 is 2.56 bits per heavy atom. The third-order valence-corrected chi connectivity index (χ3v) is 5.57. The van der Waals surface area contributed by atoms with E-state index < -0.39 is 6.10 Å². The normalized spacial score (nSPS) is 18.7. The summed E-state index contributed by atoms with van der Waals surface area (Å²) < 4.78 is 12.2. The average molecular weight is 367 g/mol. The third kappa shape index (κ3) is 4.10. The zero-order chi connectivity index (χ0) is 19.4. The van der Waals surface area contributed by atoms with E-state index in [1.54, 1.807) is 6.92 Å². The molecule has 2 aromatic carbocycles. The summed E-state index contributed by atoms with van der Waals surface area (Å²) in [6, 6.07) is 15.6. The molecule has 1 aliphatic heterocycles. The molecule has 4 heteroatoms. The lowest BCUT2D eigenvalue weighted by Crippen LogP contribution is -2.47. The Bertz CT molecular complexity index is 798. The van der Waals surface area contributed by atoms with Crippen molar-refractivity contribution in [1.82, 2.24) is 5.32 Å². The van der Waals surface area contributed by atoms with Crippen LogP contribution in [0.4, 0.5) is 0 Å². The Balaban J connectivity index is 1.77. The van der Waals surface area contributed by atoms with Gasteiger partial charge >= 0.3 is 0 Å². The summed E-state index contributed by atoms with van der Waals surface area (Å²) in [6.45, 7) is 8.05. The molecule has 3 rings (SSSR count). The number of nitrogens with one attached hydrogen (secondary N) is 1. The van der Waals surface area contributed by atoms with Crippen LogP contribution in [0.25, 0.3) is 0 Å². The molecule has 1 aliphatic rings. The summed E-state index contributed by atoms with van der Waals surface area (Å²) in [5, 5.41) is 3.19. The fourth-order valence-corrected chi connectivity index (χ4v) is 3.65. The molecule has 0 bridgehead atoms. The summed E-state index contributed by atoms with van der Waals surface area (Å²) in [4.78, 5) is 12.8. The number of rotatable bonds is 6. The van der Waals surface area contributed by atoms with Crippen LogP contribution in [0, 0.1) is 6.92 Å². The first-order chi connectivity index (χ1) is 13.0. The van der Waals surface area contributed by atoms with Crippen molar-refractivity contribution in [2.24, 2.45) is 0 Å². The summed E-state index contributed by atoms with van der Waals surface area (Å²) in [7, 11) is 0. The van der Waals surface area contributed by atoms with Crippen molar-refractivity contribution in [1.29, 1.82) is 0 Å². The van der Waals surface area contributed by atoms with Gasteiger partial charge in [-0.05, 0) is 44.4 Å². The maximum absolute atomic E-state index is 12.8. The van der Waals surface area contributed by atoms with Crippen LogP contribution in [-0.4, -0.2) is 17.6 Å². The highest BCUT2D eigenvalue weighted by atomic mass is 16.5. The third-order valence-electron chi connectivity index (χ3n) is 5.57. The van der Waals surface area contributed by atoms with Gasteiger partial charge in [-0.25, -0.2) is 0 Å². The molecule has 0 fully saturated rings. The molecule has 4 nitrogen and oxygen atoms in total. The highest BCUT2D eigenvalue weighted by Gasteiger charge is 2.39. The second-order valence-corrected chi connectivity index (χ2v) is 7.32. The Morgan fingerprint density at radius 1 is 1.19 bits per heavy atom. The van der Waals surface area contributed by atoms with Crippen molar-refractivity contribution in [3.8, 4) is 11.5 Å². The lowest BCUT2D eigenvalue weighted by Gasteiger charge is -2.41. The van der Waals surface area contributed by atoms with Gasteiger partial charge in [-0.15, -0.1) is 0 Å². The van der Waals surface area contributed by atoms with Crippen molar-refractivity contribution in [3.63, 3.8) is 0 Å². The second kappa shape index (κ2) is 8.03. The van der Waals surface area contributed by atoms with Crippen molar-refractivity contribution >= 4 is 5.91 Å². The van der Waals surface area contributed by atoms with E-state index in [2.05, 4.69) is 19.2 Å². The first-order valence-corrected chi connectivity index (χ1v) is 9.78. The van der Waals surface area contributed by atoms with Gasteiger partial charge in [-0.2, -0.15) is 0 Å². The molecule has 0 aromatic heterocycles. The predicted octanol–water partition coefficient (Wildman–Crippen LogP) is 4.96. The van der Waals surface area contributed by atoms with Gasteiger partial charge in [0.2, 0.25) is 0 Å². The number of carbonyl (C=O) groups excluding carboxylic acids is 1. The van der Waals surface area contributed by atoms with Crippen LogP contribution in [0.1, 0.15) is 57.2 Å². The van der Waals surface area contributed by atoms with E-state index in [1.165, 1.54) is 0 Å². The molecule has 0 spiro atoms. The van der Waals surface area contributed by atoms with E-state index in [9.17, 15) is 4.79 Å². The van der Waals surface area contributed by atoms with Gasteiger partial charge in [0.25, 0.3) is 5.91 Å². The summed E-state index contributed by atoms with van der Waals surface area (Å²) in [6.07, 6.45) is 2.00. The number of benzene rings is 2. The number of ether oxygens (including phenoxy) is 2. The van der Waals surface area contributed by atoms with Crippen LogP contribution in [-0.2, 0) is 4.79 Å². The molecule has 1 N–H and O–H groups in total. The summed E-state index contributed by atoms with van der Waals surface area (Å²) in [5.41, 5.74) is 1.81. The maximum atomic E-state index is 12.8. The fourth-order valence-electron chi connectivity index (χ4n) is 3.65. The zero-order valence-corrected chi connectivity index (χ0v) is 16.6. The van der Waals surface area contributed by atoms with Crippen LogP contribution >= 0.6 is 0 Å². The van der Waals surface area contributed by atoms with Crippen molar-refractivity contribution in [2.45, 2.75) is 64.7 Å². The minimum absolute atomic E-state index is 0.0785. The zero-order valence-electron chi connectivity index (χ0n) is 16.6. The van der Waals surface area contributed by atoms with Crippen LogP contribution in [0.5, 0.6) is 11.5 Å². The van der Waals surface area contributed by atoms with Gasteiger partial charge in [0.05, 0.1) is 6.04 Å². The van der Waals surface area contributed by atoms with Crippen molar-refractivity contribution < 1.29 is 14.3 Å². The topological polar surface area (TPSA) is 47.6 Å². The number of aryl methyl sites for hydroxylation is 1. The van der Waals surface area contributed by atoms with E-state index in [1.807, 2.05) is 55.5 Å². The molecule has 1 amide bonds. The SMILES string of the molecule is CCC1(CC)C[C@@H](NC(=O)[C@@H](C)Oc2ccccc2C)c2ccccc2O1. The summed E-state index contributed by atoms with van der Waals surface area (Å²) >= 11 is 0. The average Bonchev–Trinajstić information content (AvgIpc) is 2.69. The molecule has 2 aromatic rings. The van der Waals surface area contributed by atoms with Crippen LogP contribution in [0.3, 0.4) is 0 Å². The van der Waals surface area contributed by atoms with Gasteiger partial charge in [0, 0.05) is 12.0 Å². The highest BCUT2D eigenvalue weighted by Crippen LogP contribution is 2.42. The van der Waals surface area contributed by atoms with Crippen LogP contribution in [0.2, 0.25) is 0 Å². The number of carbonyl (C=O) groups is 1. The molecule has 1 heterocycles. The van der Waals surface area contributed by atoms with Gasteiger partial charge in [-0.1, -0.05) is 50.2 Å². The molecule has 0 radical (unpaired) electrons. The quantitative estimate of drug-likeness (QED) is 0.785. The largest absolute Gasteiger partial charge is 0.487 e. The van der Waals surface area contributed by atoms with E-state index in [0.29, 0.717) is 0 Å². The van der Waals surface area contributed by atoms with Crippen LogP contribution in [0.15, 0.2) is 48.5 Å². The molecular weight excluding hydrogens is 338 g/mol. The standard InChI is InChI=1S/C23H29NO3/c1-5-23(6-2)15-19(18-12-8-10-14-21(18)27-23)24-22(25)17(4)26-20-13-9-7-11-16(20)3/h7-14,17,19H,5-6,15H2,1-4H3,(H,24,25)/t17-,19-/m1/s1. The van der Waals surface area contributed by atoms with E-state index >= 15 is 0 Å². The molecule has 0 unspecified atom stereocenters.